The average molecular weight is 488 g/mol. The summed E-state index contributed by atoms with van der Waals surface area (Å²) in [6, 6.07) is 14.5. The van der Waals surface area contributed by atoms with E-state index in [0.717, 1.165) is 11.1 Å². The lowest BCUT2D eigenvalue weighted by Gasteiger charge is -2.58. The Kier molecular flexibility index (Phi) is 7.15. The van der Waals surface area contributed by atoms with E-state index in [9.17, 15) is 14.7 Å². The van der Waals surface area contributed by atoms with Crippen molar-refractivity contribution < 1.29 is 19.4 Å². The van der Waals surface area contributed by atoms with Crippen LogP contribution in [0.3, 0.4) is 0 Å². The summed E-state index contributed by atoms with van der Waals surface area (Å²) in [5, 5.41) is 12.9. The number of rotatable bonds is 4. The van der Waals surface area contributed by atoms with Gasteiger partial charge in [0.2, 0.25) is 5.91 Å². The Hall–Kier alpha value is -3.50. The number of methoxy groups -OCH3 is 1. The number of nitrogens with zero attached hydrogens (tertiary/aromatic N) is 2. The van der Waals surface area contributed by atoms with Gasteiger partial charge in [0.15, 0.2) is 0 Å². The van der Waals surface area contributed by atoms with Crippen molar-refractivity contribution in [3.63, 3.8) is 0 Å². The SMILES string of the molecule is COc1cccc(NC(=O)N2CC(=O)N3[C@H](C2)[C@H](c2ccc(C#CC4CCCCC4)cc2)[C@@H]3CO)c1. The standard InChI is InChI=1S/C29H33N3O4/c1-36-24-9-5-8-23(16-24)30-29(35)31-17-25-28(26(19-33)32(25)27(34)18-31)22-14-12-21(13-15-22)11-10-20-6-3-2-4-7-20/h5,8-9,12-16,20,25-26,28,33H,2-4,6-7,17-19H2,1H3,(H,30,35)/t25-,26+,28+/m1/s1. The van der Waals surface area contributed by atoms with Crippen LogP contribution in [0, 0.1) is 17.8 Å². The molecule has 3 amide bonds. The van der Waals surface area contributed by atoms with Crippen molar-refractivity contribution in [2.45, 2.75) is 50.1 Å². The van der Waals surface area contributed by atoms with Gasteiger partial charge in [0.05, 0.1) is 25.8 Å². The second-order valence-electron chi connectivity index (χ2n) is 9.91. The summed E-state index contributed by atoms with van der Waals surface area (Å²) in [4.78, 5) is 29.2. The summed E-state index contributed by atoms with van der Waals surface area (Å²) in [5.74, 6) is 7.72. The number of ether oxygens (including phenoxy) is 1. The summed E-state index contributed by atoms with van der Waals surface area (Å²) < 4.78 is 5.22. The maximum atomic E-state index is 13.0. The Morgan fingerprint density at radius 3 is 2.64 bits per heavy atom. The Bertz CT molecular complexity index is 1160. The molecule has 3 fully saturated rings. The van der Waals surface area contributed by atoms with E-state index >= 15 is 0 Å². The smallest absolute Gasteiger partial charge is 0.322 e. The van der Waals surface area contributed by atoms with E-state index in [1.54, 1.807) is 41.2 Å². The minimum absolute atomic E-state index is 0.00871. The normalized spacial score (nSPS) is 23.7. The average Bonchev–Trinajstić information content (AvgIpc) is 2.90. The Labute approximate surface area is 212 Å². The van der Waals surface area contributed by atoms with E-state index in [2.05, 4.69) is 29.3 Å². The van der Waals surface area contributed by atoms with Crippen LogP contribution in [0.15, 0.2) is 48.5 Å². The lowest BCUT2D eigenvalue weighted by molar-refractivity contribution is -0.159. The molecular formula is C29H33N3O4. The fourth-order valence-electron chi connectivity index (χ4n) is 5.78. The van der Waals surface area contributed by atoms with Gasteiger partial charge in [-0.05, 0) is 42.7 Å². The van der Waals surface area contributed by atoms with Crippen molar-refractivity contribution >= 4 is 17.6 Å². The first-order valence-electron chi connectivity index (χ1n) is 12.8. The maximum absolute atomic E-state index is 13.0. The van der Waals surface area contributed by atoms with Gasteiger partial charge in [-0.2, -0.15) is 0 Å². The predicted molar refractivity (Wildman–Crippen MR) is 138 cm³/mol. The number of carbonyl (C=O) groups is 2. The maximum Gasteiger partial charge on any atom is 0.322 e. The summed E-state index contributed by atoms with van der Waals surface area (Å²) in [6.07, 6.45) is 6.25. The Morgan fingerprint density at radius 2 is 1.92 bits per heavy atom. The van der Waals surface area contributed by atoms with Crippen LogP contribution in [0.5, 0.6) is 5.75 Å². The molecule has 2 aromatic rings. The molecule has 1 aliphatic carbocycles. The number of benzene rings is 2. The monoisotopic (exact) mass is 487 g/mol. The van der Waals surface area contributed by atoms with Crippen molar-refractivity contribution in [3.8, 4) is 17.6 Å². The minimum Gasteiger partial charge on any atom is -0.497 e. The van der Waals surface area contributed by atoms with Crippen LogP contribution in [0.2, 0.25) is 0 Å². The zero-order valence-electron chi connectivity index (χ0n) is 20.7. The third kappa shape index (κ3) is 4.91. The second kappa shape index (κ2) is 10.6. The molecule has 2 heterocycles. The third-order valence-electron chi connectivity index (χ3n) is 7.68. The number of urea groups is 1. The molecule has 0 radical (unpaired) electrons. The lowest BCUT2D eigenvalue weighted by Crippen LogP contribution is -2.73. The van der Waals surface area contributed by atoms with Gasteiger partial charge in [-0.25, -0.2) is 4.79 Å². The molecule has 2 N–H and O–H groups in total. The number of aliphatic hydroxyl groups is 1. The van der Waals surface area contributed by atoms with E-state index in [4.69, 9.17) is 4.74 Å². The summed E-state index contributed by atoms with van der Waals surface area (Å²) >= 11 is 0. The van der Waals surface area contributed by atoms with E-state index in [-0.39, 0.29) is 43.1 Å². The first kappa shape index (κ1) is 24.2. The molecule has 188 valence electrons. The largest absolute Gasteiger partial charge is 0.497 e. The van der Waals surface area contributed by atoms with E-state index in [0.29, 0.717) is 23.9 Å². The molecule has 7 heteroatoms. The highest BCUT2D eigenvalue weighted by Crippen LogP contribution is 2.43. The molecule has 2 aromatic carbocycles. The van der Waals surface area contributed by atoms with Gasteiger partial charge >= 0.3 is 6.03 Å². The number of anilines is 1. The van der Waals surface area contributed by atoms with Gasteiger partial charge < -0.3 is 25.0 Å². The molecule has 36 heavy (non-hydrogen) atoms. The molecule has 2 saturated heterocycles. The molecule has 0 unspecified atom stereocenters. The topological polar surface area (TPSA) is 82.1 Å². The number of carbonyl (C=O) groups excluding carboxylic acids is 2. The molecule has 0 spiro atoms. The van der Waals surface area contributed by atoms with Crippen molar-refractivity contribution in [2.75, 3.05) is 32.1 Å². The molecule has 7 nitrogen and oxygen atoms in total. The van der Waals surface area contributed by atoms with Gasteiger partial charge in [-0.3, -0.25) is 4.79 Å². The molecule has 3 aliphatic rings. The van der Waals surface area contributed by atoms with E-state index in [1.165, 1.54) is 32.1 Å². The van der Waals surface area contributed by atoms with Crippen molar-refractivity contribution in [1.29, 1.82) is 0 Å². The van der Waals surface area contributed by atoms with Crippen molar-refractivity contribution in [1.82, 2.24) is 9.80 Å². The number of fused-ring (bicyclic) bond motifs is 1. The number of piperazine rings is 1. The highest BCUT2D eigenvalue weighted by Gasteiger charge is 2.54. The van der Waals surface area contributed by atoms with Crippen LogP contribution < -0.4 is 10.1 Å². The molecule has 5 rings (SSSR count). The Balaban J connectivity index is 1.28. The van der Waals surface area contributed by atoms with Gasteiger partial charge in [-0.15, -0.1) is 0 Å². The highest BCUT2D eigenvalue weighted by atomic mass is 16.5. The van der Waals surface area contributed by atoms with Crippen LogP contribution in [0.25, 0.3) is 0 Å². The van der Waals surface area contributed by atoms with Crippen LogP contribution in [-0.2, 0) is 4.79 Å². The predicted octanol–water partition coefficient (Wildman–Crippen LogP) is 3.83. The zero-order chi connectivity index (χ0) is 25.1. The second-order valence-corrected chi connectivity index (χ2v) is 9.91. The van der Waals surface area contributed by atoms with E-state index < -0.39 is 0 Å². The highest BCUT2D eigenvalue weighted by molar-refractivity contribution is 5.94. The molecular weight excluding hydrogens is 454 g/mol. The number of amides is 3. The molecule has 3 atom stereocenters. The number of aliphatic hydroxyl groups excluding tert-OH is 1. The molecule has 0 bridgehead atoms. The van der Waals surface area contributed by atoms with Gasteiger partial charge in [-0.1, -0.05) is 49.3 Å². The van der Waals surface area contributed by atoms with E-state index in [1.807, 2.05) is 12.1 Å². The van der Waals surface area contributed by atoms with Gasteiger partial charge in [0.25, 0.3) is 0 Å². The Morgan fingerprint density at radius 1 is 1.14 bits per heavy atom. The van der Waals surface area contributed by atoms with Gasteiger partial charge in [0.1, 0.15) is 12.3 Å². The minimum atomic E-state index is -0.323. The van der Waals surface area contributed by atoms with Crippen molar-refractivity contribution in [2.24, 2.45) is 5.92 Å². The van der Waals surface area contributed by atoms with Crippen molar-refractivity contribution in [3.05, 3.63) is 59.7 Å². The fraction of sp³-hybridized carbons (Fsp3) is 0.448. The van der Waals surface area contributed by atoms with Crippen LogP contribution >= 0.6 is 0 Å². The first-order valence-corrected chi connectivity index (χ1v) is 12.8. The first-order chi connectivity index (χ1) is 17.6. The summed E-state index contributed by atoms with van der Waals surface area (Å²) in [6.45, 7) is 0.295. The quantitative estimate of drug-likeness (QED) is 0.643. The number of hydrogen-bond acceptors (Lipinski definition) is 4. The van der Waals surface area contributed by atoms with Crippen LogP contribution in [0.4, 0.5) is 10.5 Å². The van der Waals surface area contributed by atoms with Crippen LogP contribution in [0.1, 0.15) is 49.1 Å². The summed E-state index contributed by atoms with van der Waals surface area (Å²) in [5.41, 5.74) is 2.65. The third-order valence-corrected chi connectivity index (χ3v) is 7.68. The van der Waals surface area contributed by atoms with Gasteiger partial charge in [0, 0.05) is 35.7 Å². The van der Waals surface area contributed by atoms with Crippen LogP contribution in [-0.4, -0.2) is 65.7 Å². The molecule has 1 saturated carbocycles. The number of nitrogens with one attached hydrogen (secondary N) is 1. The number of hydrogen-bond donors (Lipinski definition) is 2. The zero-order valence-corrected chi connectivity index (χ0v) is 20.7. The molecule has 2 aliphatic heterocycles. The summed E-state index contributed by atoms with van der Waals surface area (Å²) in [7, 11) is 1.57. The lowest BCUT2D eigenvalue weighted by atomic mass is 9.73. The fourth-order valence-corrected chi connectivity index (χ4v) is 5.78. The molecule has 0 aromatic heterocycles.